The molecule has 4 heteroatoms. The monoisotopic (exact) mass is 242 g/mol. The first-order valence-electron chi connectivity index (χ1n) is 6.69. The molecule has 0 radical (unpaired) electrons. The maximum Gasteiger partial charge on any atom is 0.307 e. The molecule has 1 fully saturated rings. The molecule has 1 aliphatic rings. The summed E-state index contributed by atoms with van der Waals surface area (Å²) in [4.78, 5) is 13.9. The number of ether oxygens (including phenoxy) is 1. The first kappa shape index (κ1) is 14.5. The Balaban J connectivity index is 2.47. The van der Waals surface area contributed by atoms with Crippen molar-refractivity contribution in [1.29, 1.82) is 0 Å². The summed E-state index contributed by atoms with van der Waals surface area (Å²) >= 11 is 0. The van der Waals surface area contributed by atoms with Gasteiger partial charge in [-0.15, -0.1) is 0 Å². The lowest BCUT2D eigenvalue weighted by Gasteiger charge is -2.41. The average molecular weight is 242 g/mol. The number of hydrogen-bond acceptors (Lipinski definition) is 4. The summed E-state index contributed by atoms with van der Waals surface area (Å²) in [5, 5.41) is 0. The highest BCUT2D eigenvalue weighted by atomic mass is 16.5. The highest BCUT2D eigenvalue weighted by Crippen LogP contribution is 2.24. The van der Waals surface area contributed by atoms with Crippen molar-refractivity contribution in [3.05, 3.63) is 0 Å². The largest absolute Gasteiger partial charge is 0.466 e. The van der Waals surface area contributed by atoms with Crippen LogP contribution < -0.4 is 5.73 Å². The second-order valence-electron chi connectivity index (χ2n) is 5.08. The fraction of sp³-hybridized carbons (Fsp3) is 0.923. The van der Waals surface area contributed by atoms with Crippen molar-refractivity contribution in [1.82, 2.24) is 4.90 Å². The zero-order valence-electron chi connectivity index (χ0n) is 11.3. The molecule has 17 heavy (non-hydrogen) atoms. The molecule has 3 atom stereocenters. The van der Waals surface area contributed by atoms with E-state index >= 15 is 0 Å². The van der Waals surface area contributed by atoms with Gasteiger partial charge in [0.05, 0.1) is 13.0 Å². The van der Waals surface area contributed by atoms with Gasteiger partial charge in [-0.1, -0.05) is 0 Å². The first-order valence-corrected chi connectivity index (χ1v) is 6.69. The van der Waals surface area contributed by atoms with Crippen LogP contribution in [-0.2, 0) is 9.53 Å². The minimum atomic E-state index is -0.0953. The molecule has 0 saturated carbocycles. The van der Waals surface area contributed by atoms with Crippen molar-refractivity contribution in [3.63, 3.8) is 0 Å². The molecule has 3 unspecified atom stereocenters. The van der Waals surface area contributed by atoms with Crippen molar-refractivity contribution in [2.24, 2.45) is 11.7 Å². The molecule has 1 saturated heterocycles. The number of hydrogen-bond donors (Lipinski definition) is 1. The third-order valence-electron chi connectivity index (χ3n) is 3.69. The lowest BCUT2D eigenvalue weighted by Crippen LogP contribution is -2.48. The Bertz CT molecular complexity index is 246. The standard InChI is InChI=1S/C13H26N2O2/c1-4-17-13(16)7-11(3)15-9-12(8-14)6-5-10(15)2/h10-12H,4-9,14H2,1-3H3. The van der Waals surface area contributed by atoms with Crippen LogP contribution in [0.5, 0.6) is 0 Å². The van der Waals surface area contributed by atoms with Gasteiger partial charge in [0, 0.05) is 18.6 Å². The molecule has 1 heterocycles. The summed E-state index contributed by atoms with van der Waals surface area (Å²) < 4.78 is 5.00. The molecular formula is C13H26N2O2. The molecular weight excluding hydrogens is 216 g/mol. The van der Waals surface area contributed by atoms with E-state index in [-0.39, 0.29) is 12.0 Å². The second-order valence-corrected chi connectivity index (χ2v) is 5.08. The molecule has 4 nitrogen and oxygen atoms in total. The number of carbonyl (C=O) groups is 1. The van der Waals surface area contributed by atoms with E-state index in [0.717, 1.165) is 13.1 Å². The summed E-state index contributed by atoms with van der Waals surface area (Å²) in [6.45, 7) is 8.40. The number of nitrogens with two attached hydrogens (primary N) is 1. The van der Waals surface area contributed by atoms with Crippen LogP contribution in [0, 0.1) is 5.92 Å². The number of nitrogens with zero attached hydrogens (tertiary/aromatic N) is 1. The summed E-state index contributed by atoms with van der Waals surface area (Å²) in [5.41, 5.74) is 5.74. The molecule has 0 aromatic heterocycles. The van der Waals surface area contributed by atoms with Crippen LogP contribution in [0.1, 0.15) is 40.0 Å². The van der Waals surface area contributed by atoms with Crippen LogP contribution in [0.15, 0.2) is 0 Å². The van der Waals surface area contributed by atoms with E-state index in [9.17, 15) is 4.79 Å². The van der Waals surface area contributed by atoms with Gasteiger partial charge < -0.3 is 10.5 Å². The minimum Gasteiger partial charge on any atom is -0.466 e. The van der Waals surface area contributed by atoms with E-state index < -0.39 is 0 Å². The minimum absolute atomic E-state index is 0.0953. The van der Waals surface area contributed by atoms with Gasteiger partial charge in [0.15, 0.2) is 0 Å². The third kappa shape index (κ3) is 4.28. The Hall–Kier alpha value is -0.610. The Morgan fingerprint density at radius 1 is 1.53 bits per heavy atom. The predicted molar refractivity (Wildman–Crippen MR) is 68.7 cm³/mol. The zero-order valence-corrected chi connectivity index (χ0v) is 11.3. The molecule has 0 bridgehead atoms. The van der Waals surface area contributed by atoms with Crippen molar-refractivity contribution in [2.75, 3.05) is 19.7 Å². The van der Waals surface area contributed by atoms with Gasteiger partial charge in [0.2, 0.25) is 0 Å². The van der Waals surface area contributed by atoms with Gasteiger partial charge in [-0.05, 0) is 46.1 Å². The average Bonchev–Trinajstić information content (AvgIpc) is 2.29. The Morgan fingerprint density at radius 2 is 2.24 bits per heavy atom. The Morgan fingerprint density at radius 3 is 2.82 bits per heavy atom. The second kappa shape index (κ2) is 6.97. The Kier molecular flexibility index (Phi) is 5.92. The lowest BCUT2D eigenvalue weighted by molar-refractivity contribution is -0.144. The molecule has 0 amide bonds. The summed E-state index contributed by atoms with van der Waals surface area (Å²) in [7, 11) is 0. The predicted octanol–water partition coefficient (Wildman–Crippen LogP) is 1.39. The molecule has 100 valence electrons. The van der Waals surface area contributed by atoms with E-state index in [2.05, 4.69) is 18.7 Å². The van der Waals surface area contributed by atoms with Crippen LogP contribution in [0.4, 0.5) is 0 Å². The maximum atomic E-state index is 11.5. The number of piperidine rings is 1. The van der Waals surface area contributed by atoms with Gasteiger partial charge in [0.25, 0.3) is 0 Å². The van der Waals surface area contributed by atoms with Gasteiger partial charge in [-0.25, -0.2) is 0 Å². The van der Waals surface area contributed by atoms with Gasteiger partial charge in [0.1, 0.15) is 0 Å². The van der Waals surface area contributed by atoms with Gasteiger partial charge >= 0.3 is 5.97 Å². The smallest absolute Gasteiger partial charge is 0.307 e. The van der Waals surface area contributed by atoms with Crippen molar-refractivity contribution >= 4 is 5.97 Å². The lowest BCUT2D eigenvalue weighted by atomic mass is 9.92. The summed E-state index contributed by atoms with van der Waals surface area (Å²) in [6, 6.07) is 0.792. The van der Waals surface area contributed by atoms with Crippen molar-refractivity contribution < 1.29 is 9.53 Å². The highest BCUT2D eigenvalue weighted by molar-refractivity contribution is 5.70. The van der Waals surface area contributed by atoms with Gasteiger partial charge in [-0.3, -0.25) is 9.69 Å². The van der Waals surface area contributed by atoms with Crippen LogP contribution >= 0.6 is 0 Å². The van der Waals surface area contributed by atoms with E-state index in [0.29, 0.717) is 25.0 Å². The Labute approximate surface area is 104 Å². The number of carbonyl (C=O) groups excluding carboxylic acids is 1. The normalized spacial score (nSPS) is 27.8. The van der Waals surface area contributed by atoms with E-state index in [4.69, 9.17) is 10.5 Å². The van der Waals surface area contributed by atoms with Gasteiger partial charge in [-0.2, -0.15) is 0 Å². The van der Waals surface area contributed by atoms with E-state index in [1.165, 1.54) is 12.8 Å². The number of esters is 1. The third-order valence-corrected chi connectivity index (χ3v) is 3.69. The van der Waals surface area contributed by atoms with E-state index in [1.807, 2.05) is 6.92 Å². The molecule has 0 aromatic carbocycles. The molecule has 0 aromatic rings. The van der Waals surface area contributed by atoms with E-state index in [1.54, 1.807) is 0 Å². The fourth-order valence-electron chi connectivity index (χ4n) is 2.60. The first-order chi connectivity index (χ1) is 8.08. The van der Waals surface area contributed by atoms with Crippen molar-refractivity contribution in [2.45, 2.75) is 52.1 Å². The van der Waals surface area contributed by atoms with Crippen LogP contribution in [0.3, 0.4) is 0 Å². The molecule has 0 spiro atoms. The quantitative estimate of drug-likeness (QED) is 0.740. The topological polar surface area (TPSA) is 55.6 Å². The summed E-state index contributed by atoms with van der Waals surface area (Å²) in [6.07, 6.45) is 2.87. The molecule has 1 aliphatic heterocycles. The number of rotatable bonds is 5. The van der Waals surface area contributed by atoms with Crippen LogP contribution in [0.2, 0.25) is 0 Å². The number of likely N-dealkylation sites (tertiary alicyclic amines) is 1. The molecule has 1 rings (SSSR count). The summed E-state index contributed by atoms with van der Waals surface area (Å²) in [5.74, 6) is 0.484. The molecule has 2 N–H and O–H groups in total. The zero-order chi connectivity index (χ0) is 12.8. The maximum absolute atomic E-state index is 11.5. The molecule has 0 aliphatic carbocycles. The van der Waals surface area contributed by atoms with Crippen LogP contribution in [0.25, 0.3) is 0 Å². The SMILES string of the molecule is CCOC(=O)CC(C)N1CC(CN)CCC1C. The highest BCUT2D eigenvalue weighted by Gasteiger charge is 2.29. The fourth-order valence-corrected chi connectivity index (χ4v) is 2.60. The van der Waals surface area contributed by atoms with Crippen LogP contribution in [-0.4, -0.2) is 42.6 Å². The van der Waals surface area contributed by atoms with Crippen molar-refractivity contribution in [3.8, 4) is 0 Å².